The molecule has 1 fully saturated rings. The van der Waals surface area contributed by atoms with E-state index in [0.29, 0.717) is 6.54 Å². The Morgan fingerprint density at radius 3 is 2.79 bits per heavy atom. The molecule has 0 radical (unpaired) electrons. The fraction of sp³-hybridized carbons (Fsp3) is 0.900. The Morgan fingerprint density at radius 2 is 2.21 bits per heavy atom. The van der Waals surface area contributed by atoms with Crippen LogP contribution >= 0.6 is 0 Å². The normalized spacial score (nSPS) is 29.2. The zero-order chi connectivity index (χ0) is 10.7. The molecule has 0 amide bonds. The molecule has 4 nitrogen and oxygen atoms in total. The van der Waals surface area contributed by atoms with Crippen LogP contribution in [0.1, 0.15) is 20.3 Å². The minimum absolute atomic E-state index is 0.0440. The summed E-state index contributed by atoms with van der Waals surface area (Å²) in [5.41, 5.74) is 5.89. The Balaban J connectivity index is 2.51. The van der Waals surface area contributed by atoms with Gasteiger partial charge in [0.1, 0.15) is 0 Å². The van der Waals surface area contributed by atoms with E-state index < -0.39 is 0 Å². The van der Waals surface area contributed by atoms with Crippen LogP contribution in [0.4, 0.5) is 0 Å². The molecule has 0 saturated carbocycles. The van der Waals surface area contributed by atoms with Crippen LogP contribution in [0.25, 0.3) is 0 Å². The van der Waals surface area contributed by atoms with Crippen molar-refractivity contribution >= 4 is 5.97 Å². The van der Waals surface area contributed by atoms with Crippen molar-refractivity contribution in [3.8, 4) is 0 Å². The Hall–Kier alpha value is -0.610. The van der Waals surface area contributed by atoms with Gasteiger partial charge in [-0.05, 0) is 33.9 Å². The van der Waals surface area contributed by atoms with Crippen molar-refractivity contribution in [3.05, 3.63) is 0 Å². The van der Waals surface area contributed by atoms with E-state index in [2.05, 4.69) is 4.90 Å². The van der Waals surface area contributed by atoms with Crippen molar-refractivity contribution in [2.24, 2.45) is 11.7 Å². The number of hydrogen-bond donors (Lipinski definition) is 1. The van der Waals surface area contributed by atoms with E-state index in [4.69, 9.17) is 10.5 Å². The summed E-state index contributed by atoms with van der Waals surface area (Å²) in [7, 11) is 2.00. The fourth-order valence-corrected chi connectivity index (χ4v) is 1.70. The maximum absolute atomic E-state index is 11.6. The SMILES string of the molecule is CC(C)OC(=O)[C@@H]1CN(C)CC[C@H]1N. The van der Waals surface area contributed by atoms with Gasteiger partial charge in [-0.25, -0.2) is 0 Å². The first-order valence-electron chi connectivity index (χ1n) is 5.15. The second kappa shape index (κ2) is 4.75. The van der Waals surface area contributed by atoms with Crippen LogP contribution in [0.5, 0.6) is 0 Å². The molecule has 0 aromatic heterocycles. The molecule has 0 unspecified atom stereocenters. The highest BCUT2D eigenvalue weighted by Gasteiger charge is 2.32. The third-order valence-electron chi connectivity index (χ3n) is 2.52. The third kappa shape index (κ3) is 2.96. The number of nitrogens with zero attached hydrogens (tertiary/aromatic N) is 1. The number of piperidine rings is 1. The molecule has 1 saturated heterocycles. The third-order valence-corrected chi connectivity index (χ3v) is 2.52. The molecule has 2 atom stereocenters. The van der Waals surface area contributed by atoms with Crippen LogP contribution in [0, 0.1) is 5.92 Å². The molecule has 1 aliphatic heterocycles. The number of ether oxygens (including phenoxy) is 1. The van der Waals surface area contributed by atoms with Crippen molar-refractivity contribution in [3.63, 3.8) is 0 Å². The maximum atomic E-state index is 11.6. The van der Waals surface area contributed by atoms with Gasteiger partial charge in [-0.1, -0.05) is 0 Å². The molecule has 14 heavy (non-hydrogen) atoms. The molecule has 0 bridgehead atoms. The molecule has 82 valence electrons. The summed E-state index contributed by atoms with van der Waals surface area (Å²) in [5.74, 6) is -0.310. The number of hydrogen-bond acceptors (Lipinski definition) is 4. The molecule has 2 N–H and O–H groups in total. The molecular weight excluding hydrogens is 180 g/mol. The number of carbonyl (C=O) groups excluding carboxylic acids is 1. The quantitative estimate of drug-likeness (QED) is 0.648. The lowest BCUT2D eigenvalue weighted by atomic mass is 9.93. The molecule has 0 aromatic carbocycles. The van der Waals surface area contributed by atoms with Crippen molar-refractivity contribution in [2.45, 2.75) is 32.4 Å². The van der Waals surface area contributed by atoms with Crippen molar-refractivity contribution in [1.82, 2.24) is 4.90 Å². The van der Waals surface area contributed by atoms with Gasteiger partial charge in [-0.2, -0.15) is 0 Å². The second-order valence-electron chi connectivity index (χ2n) is 4.31. The number of rotatable bonds is 2. The number of nitrogens with two attached hydrogens (primary N) is 1. The van der Waals surface area contributed by atoms with Gasteiger partial charge in [0.05, 0.1) is 12.0 Å². The summed E-state index contributed by atoms with van der Waals surface area (Å²) in [6, 6.07) is -0.0440. The Labute approximate surface area is 85.4 Å². The van der Waals surface area contributed by atoms with E-state index in [1.807, 2.05) is 20.9 Å². The van der Waals surface area contributed by atoms with E-state index in [1.54, 1.807) is 0 Å². The van der Waals surface area contributed by atoms with Gasteiger partial charge in [0, 0.05) is 12.6 Å². The zero-order valence-electron chi connectivity index (χ0n) is 9.19. The zero-order valence-corrected chi connectivity index (χ0v) is 9.19. The monoisotopic (exact) mass is 200 g/mol. The van der Waals surface area contributed by atoms with Gasteiger partial charge in [0.15, 0.2) is 0 Å². The lowest BCUT2D eigenvalue weighted by Crippen LogP contribution is -2.49. The summed E-state index contributed by atoms with van der Waals surface area (Å²) < 4.78 is 5.16. The predicted molar refractivity (Wildman–Crippen MR) is 54.8 cm³/mol. The molecule has 1 rings (SSSR count). The lowest BCUT2D eigenvalue weighted by Gasteiger charge is -2.33. The van der Waals surface area contributed by atoms with E-state index in [9.17, 15) is 4.79 Å². The molecule has 0 aliphatic carbocycles. The van der Waals surface area contributed by atoms with Gasteiger partial charge in [-0.3, -0.25) is 4.79 Å². The van der Waals surface area contributed by atoms with Crippen LogP contribution in [0.15, 0.2) is 0 Å². The largest absolute Gasteiger partial charge is 0.463 e. The first-order valence-corrected chi connectivity index (χ1v) is 5.15. The average molecular weight is 200 g/mol. The van der Waals surface area contributed by atoms with Crippen LogP contribution < -0.4 is 5.73 Å². The van der Waals surface area contributed by atoms with E-state index in [1.165, 1.54) is 0 Å². The standard InChI is InChI=1S/C10H20N2O2/c1-7(2)14-10(13)8-6-12(3)5-4-9(8)11/h7-9H,4-6,11H2,1-3H3/t8-,9-/m1/s1. The van der Waals surface area contributed by atoms with Crippen LogP contribution in [-0.2, 0) is 9.53 Å². The molecule has 0 aromatic rings. The smallest absolute Gasteiger partial charge is 0.312 e. The van der Waals surface area contributed by atoms with Crippen molar-refractivity contribution in [1.29, 1.82) is 0 Å². The summed E-state index contributed by atoms with van der Waals surface area (Å²) in [6.45, 7) is 5.39. The van der Waals surface area contributed by atoms with Crippen molar-refractivity contribution in [2.75, 3.05) is 20.1 Å². The highest BCUT2D eigenvalue weighted by atomic mass is 16.5. The number of carbonyl (C=O) groups is 1. The highest BCUT2D eigenvalue weighted by Crippen LogP contribution is 2.16. The number of likely N-dealkylation sites (tertiary alicyclic amines) is 1. The van der Waals surface area contributed by atoms with Gasteiger partial charge in [0.25, 0.3) is 0 Å². The summed E-state index contributed by atoms with van der Waals surface area (Å²) in [5, 5.41) is 0. The van der Waals surface area contributed by atoms with Gasteiger partial charge >= 0.3 is 5.97 Å². The minimum Gasteiger partial charge on any atom is -0.463 e. The van der Waals surface area contributed by atoms with Gasteiger partial charge in [-0.15, -0.1) is 0 Å². The van der Waals surface area contributed by atoms with E-state index >= 15 is 0 Å². The summed E-state index contributed by atoms with van der Waals surface area (Å²) in [4.78, 5) is 13.8. The second-order valence-corrected chi connectivity index (χ2v) is 4.31. The Kier molecular flexibility index (Phi) is 3.89. The van der Waals surface area contributed by atoms with Gasteiger partial charge < -0.3 is 15.4 Å². The first-order chi connectivity index (χ1) is 6.50. The fourth-order valence-electron chi connectivity index (χ4n) is 1.70. The molecule has 4 heteroatoms. The first kappa shape index (κ1) is 11.5. The molecule has 1 heterocycles. The summed E-state index contributed by atoms with van der Waals surface area (Å²) in [6.07, 6.45) is 0.816. The molecule has 0 spiro atoms. The minimum atomic E-state index is -0.156. The van der Waals surface area contributed by atoms with E-state index in [-0.39, 0.29) is 24.0 Å². The van der Waals surface area contributed by atoms with E-state index in [0.717, 1.165) is 13.0 Å². The van der Waals surface area contributed by atoms with Gasteiger partial charge in [0.2, 0.25) is 0 Å². The van der Waals surface area contributed by atoms with Crippen LogP contribution in [0.3, 0.4) is 0 Å². The molecule has 1 aliphatic rings. The average Bonchev–Trinajstić information content (AvgIpc) is 2.08. The van der Waals surface area contributed by atoms with Crippen LogP contribution in [-0.4, -0.2) is 43.2 Å². The Bertz CT molecular complexity index is 206. The highest BCUT2D eigenvalue weighted by molar-refractivity contribution is 5.73. The van der Waals surface area contributed by atoms with Crippen molar-refractivity contribution < 1.29 is 9.53 Å². The molecular formula is C10H20N2O2. The van der Waals surface area contributed by atoms with Crippen LogP contribution in [0.2, 0.25) is 0 Å². The maximum Gasteiger partial charge on any atom is 0.312 e. The topological polar surface area (TPSA) is 55.6 Å². The Morgan fingerprint density at radius 1 is 1.57 bits per heavy atom. The lowest BCUT2D eigenvalue weighted by molar-refractivity contribution is -0.154. The summed E-state index contributed by atoms with van der Waals surface area (Å²) >= 11 is 0. The number of esters is 1. The predicted octanol–water partition coefficient (Wildman–Crippen LogP) is 0.217.